The monoisotopic (exact) mass is 537 g/mol. The van der Waals surface area contributed by atoms with Crippen LogP contribution in [0.4, 0.5) is 0 Å². The summed E-state index contributed by atoms with van der Waals surface area (Å²) >= 11 is 3.58. The number of halogens is 1. The van der Waals surface area contributed by atoms with Crippen LogP contribution in [-0.2, 0) is 4.79 Å². The standard InChI is InChI=1S/C31H56BrNO/c1-2-3-4-5-6-7-8-9-10-11-12-13-14-15-16-17-18-19-20-21-22-23-24-27-30(32)31(34)33-28-25-26-29-33/h18-19,22-23,30H,2-17,20-21,24-29H2,1H3. The molecule has 0 radical (unpaired) electrons. The number of unbranched alkanes of at least 4 members (excludes halogenated alkanes) is 16. The van der Waals surface area contributed by atoms with Gasteiger partial charge in [0, 0.05) is 13.1 Å². The van der Waals surface area contributed by atoms with Crippen LogP contribution in [0.5, 0.6) is 0 Å². The van der Waals surface area contributed by atoms with E-state index >= 15 is 0 Å². The fourth-order valence-corrected chi connectivity index (χ4v) is 5.35. The molecule has 1 amide bonds. The van der Waals surface area contributed by atoms with Crippen molar-refractivity contribution < 1.29 is 4.79 Å². The quantitative estimate of drug-likeness (QED) is 0.0720. The van der Waals surface area contributed by atoms with E-state index in [9.17, 15) is 4.79 Å². The molecule has 1 rings (SSSR count). The van der Waals surface area contributed by atoms with Gasteiger partial charge in [0.05, 0.1) is 4.83 Å². The maximum absolute atomic E-state index is 12.2. The molecule has 3 heteroatoms. The van der Waals surface area contributed by atoms with Crippen molar-refractivity contribution in [1.29, 1.82) is 0 Å². The van der Waals surface area contributed by atoms with Crippen LogP contribution in [0.2, 0.25) is 0 Å². The van der Waals surface area contributed by atoms with Crippen LogP contribution in [0.25, 0.3) is 0 Å². The lowest BCUT2D eigenvalue weighted by Gasteiger charge is -2.18. The smallest absolute Gasteiger partial charge is 0.236 e. The Balaban J connectivity index is 1.77. The average Bonchev–Trinajstić information content (AvgIpc) is 3.39. The van der Waals surface area contributed by atoms with Crippen molar-refractivity contribution in [2.24, 2.45) is 0 Å². The lowest BCUT2D eigenvalue weighted by atomic mass is 10.0. The summed E-state index contributed by atoms with van der Waals surface area (Å²) < 4.78 is 0. The van der Waals surface area contributed by atoms with Gasteiger partial charge in [-0.2, -0.15) is 0 Å². The summed E-state index contributed by atoms with van der Waals surface area (Å²) in [5.74, 6) is 0.285. The fraction of sp³-hybridized carbons (Fsp3) is 0.839. The van der Waals surface area contributed by atoms with Gasteiger partial charge in [-0.05, 0) is 51.4 Å². The Bertz CT molecular complexity index is 510. The number of allylic oxidation sites excluding steroid dienone is 4. The largest absolute Gasteiger partial charge is 0.342 e. The molecule has 0 saturated carbocycles. The van der Waals surface area contributed by atoms with Crippen LogP contribution in [0.15, 0.2) is 24.3 Å². The second kappa shape index (κ2) is 24.1. The number of likely N-dealkylation sites (tertiary alicyclic amines) is 1. The zero-order valence-corrected chi connectivity index (χ0v) is 24.2. The summed E-state index contributed by atoms with van der Waals surface area (Å²) in [6.45, 7) is 4.19. The van der Waals surface area contributed by atoms with E-state index in [-0.39, 0.29) is 10.7 Å². The van der Waals surface area contributed by atoms with Crippen molar-refractivity contribution in [3.8, 4) is 0 Å². The first-order chi connectivity index (χ1) is 16.8. The Hall–Kier alpha value is -0.570. The van der Waals surface area contributed by atoms with Crippen molar-refractivity contribution >= 4 is 21.8 Å². The molecular weight excluding hydrogens is 482 g/mol. The molecule has 0 aliphatic carbocycles. The highest BCUT2D eigenvalue weighted by Crippen LogP contribution is 2.17. The highest BCUT2D eigenvalue weighted by molar-refractivity contribution is 9.10. The summed E-state index contributed by atoms with van der Waals surface area (Å²) in [7, 11) is 0. The van der Waals surface area contributed by atoms with Crippen LogP contribution in [-0.4, -0.2) is 28.7 Å². The lowest BCUT2D eigenvalue weighted by Crippen LogP contribution is -2.34. The van der Waals surface area contributed by atoms with Crippen LogP contribution in [0.3, 0.4) is 0 Å². The zero-order valence-electron chi connectivity index (χ0n) is 22.6. The Morgan fingerprint density at radius 2 is 1.06 bits per heavy atom. The van der Waals surface area contributed by atoms with E-state index in [4.69, 9.17) is 0 Å². The maximum Gasteiger partial charge on any atom is 0.236 e. The van der Waals surface area contributed by atoms with E-state index in [0.29, 0.717) is 0 Å². The van der Waals surface area contributed by atoms with Crippen molar-refractivity contribution in [2.45, 2.75) is 153 Å². The lowest BCUT2D eigenvalue weighted by molar-refractivity contribution is -0.129. The molecule has 0 N–H and O–H groups in total. The zero-order chi connectivity index (χ0) is 24.5. The van der Waals surface area contributed by atoms with Gasteiger partial charge in [-0.15, -0.1) is 0 Å². The molecule has 0 aromatic carbocycles. The van der Waals surface area contributed by atoms with Gasteiger partial charge in [0.15, 0.2) is 0 Å². The van der Waals surface area contributed by atoms with Gasteiger partial charge in [-0.3, -0.25) is 4.79 Å². The minimum absolute atomic E-state index is 0.00921. The van der Waals surface area contributed by atoms with Crippen LogP contribution >= 0.6 is 15.9 Å². The number of amides is 1. The Morgan fingerprint density at radius 1 is 0.647 bits per heavy atom. The summed E-state index contributed by atoms with van der Waals surface area (Å²) in [5, 5.41) is 0. The van der Waals surface area contributed by atoms with E-state index in [1.807, 2.05) is 4.90 Å². The van der Waals surface area contributed by atoms with E-state index in [1.165, 1.54) is 116 Å². The van der Waals surface area contributed by atoms with E-state index in [0.717, 1.165) is 38.8 Å². The number of hydrogen-bond donors (Lipinski definition) is 0. The highest BCUT2D eigenvalue weighted by atomic mass is 79.9. The molecule has 1 unspecified atom stereocenters. The normalized spacial score (nSPS) is 15.2. The molecule has 1 aliphatic heterocycles. The second-order valence-corrected chi connectivity index (χ2v) is 11.4. The number of hydrogen-bond acceptors (Lipinski definition) is 1. The summed E-state index contributed by atoms with van der Waals surface area (Å²) in [4.78, 5) is 14.2. The first kappa shape index (κ1) is 31.5. The maximum atomic E-state index is 12.2. The van der Waals surface area contributed by atoms with Crippen molar-refractivity contribution in [3.05, 3.63) is 24.3 Å². The topological polar surface area (TPSA) is 20.3 Å². The third-order valence-corrected chi connectivity index (χ3v) is 7.93. The Labute approximate surface area is 221 Å². The molecular formula is C31H56BrNO. The minimum Gasteiger partial charge on any atom is -0.342 e. The Kier molecular flexibility index (Phi) is 22.3. The molecule has 1 aliphatic rings. The van der Waals surface area contributed by atoms with Gasteiger partial charge in [0.1, 0.15) is 0 Å². The van der Waals surface area contributed by atoms with Crippen LogP contribution < -0.4 is 0 Å². The minimum atomic E-state index is -0.00921. The molecule has 0 spiro atoms. The summed E-state index contributed by atoms with van der Waals surface area (Å²) in [6.07, 6.45) is 38.5. The first-order valence-electron chi connectivity index (χ1n) is 15.0. The van der Waals surface area contributed by atoms with E-state index in [2.05, 4.69) is 47.2 Å². The molecule has 0 aromatic heterocycles. The van der Waals surface area contributed by atoms with E-state index < -0.39 is 0 Å². The van der Waals surface area contributed by atoms with Gasteiger partial charge in [0.25, 0.3) is 0 Å². The molecule has 1 heterocycles. The van der Waals surface area contributed by atoms with Gasteiger partial charge in [-0.1, -0.05) is 137 Å². The molecule has 1 saturated heterocycles. The fourth-order valence-electron chi connectivity index (χ4n) is 4.80. The van der Waals surface area contributed by atoms with Crippen molar-refractivity contribution in [1.82, 2.24) is 4.90 Å². The predicted molar refractivity (Wildman–Crippen MR) is 155 cm³/mol. The number of carbonyl (C=O) groups is 1. The van der Waals surface area contributed by atoms with Crippen molar-refractivity contribution in [3.63, 3.8) is 0 Å². The highest BCUT2D eigenvalue weighted by Gasteiger charge is 2.23. The SMILES string of the molecule is CCCCCCCCCCCCCCCCCC=CCCC=CCCC(Br)C(=O)N1CCCC1. The molecule has 1 atom stereocenters. The molecule has 34 heavy (non-hydrogen) atoms. The van der Waals surface area contributed by atoms with E-state index in [1.54, 1.807) is 0 Å². The Morgan fingerprint density at radius 3 is 1.56 bits per heavy atom. The third-order valence-electron chi connectivity index (χ3n) is 7.08. The molecule has 198 valence electrons. The number of carbonyl (C=O) groups excluding carboxylic acids is 1. The van der Waals surface area contributed by atoms with Gasteiger partial charge in [0.2, 0.25) is 5.91 Å². The van der Waals surface area contributed by atoms with Crippen molar-refractivity contribution in [2.75, 3.05) is 13.1 Å². The van der Waals surface area contributed by atoms with Gasteiger partial charge < -0.3 is 4.90 Å². The third kappa shape index (κ3) is 18.7. The van der Waals surface area contributed by atoms with Gasteiger partial charge >= 0.3 is 0 Å². The summed E-state index contributed by atoms with van der Waals surface area (Å²) in [6, 6.07) is 0. The predicted octanol–water partition coefficient (Wildman–Crippen LogP) is 10.3. The molecule has 2 nitrogen and oxygen atoms in total. The number of nitrogens with zero attached hydrogens (tertiary/aromatic N) is 1. The molecule has 0 aromatic rings. The van der Waals surface area contributed by atoms with Crippen LogP contribution in [0, 0.1) is 0 Å². The van der Waals surface area contributed by atoms with Gasteiger partial charge in [-0.25, -0.2) is 0 Å². The summed E-state index contributed by atoms with van der Waals surface area (Å²) in [5.41, 5.74) is 0. The molecule has 1 fully saturated rings. The second-order valence-electron chi connectivity index (χ2n) is 10.3. The number of alkyl halides is 1. The van der Waals surface area contributed by atoms with Crippen LogP contribution in [0.1, 0.15) is 148 Å². The molecule has 0 bridgehead atoms. The average molecular weight is 539 g/mol. The number of rotatable bonds is 23. The first-order valence-corrected chi connectivity index (χ1v) is 15.9.